The van der Waals surface area contributed by atoms with Crippen LogP contribution in [0.4, 0.5) is 0 Å². The molecule has 3 aromatic heterocycles. The van der Waals surface area contributed by atoms with E-state index in [-0.39, 0.29) is 12.4 Å². The fraction of sp³-hybridized carbons (Fsp3) is 0.0667. The summed E-state index contributed by atoms with van der Waals surface area (Å²) in [7, 11) is -2.01. The highest BCUT2D eigenvalue weighted by atomic mass is 35.5. The van der Waals surface area contributed by atoms with Crippen molar-refractivity contribution >= 4 is 39.7 Å². The van der Waals surface area contributed by atoms with Crippen molar-refractivity contribution in [3.05, 3.63) is 133 Å². The van der Waals surface area contributed by atoms with Crippen molar-refractivity contribution in [3.8, 4) is 0 Å². The number of hydrogen-bond acceptors (Lipinski definition) is 2. The molecule has 0 aliphatic carbocycles. The van der Waals surface area contributed by atoms with Gasteiger partial charge in [-0.05, 0) is 61.5 Å². The molecule has 6 aromatic rings. The lowest BCUT2D eigenvalue weighted by atomic mass is 10.2. The molecule has 0 unspecified atom stereocenters. The summed E-state index contributed by atoms with van der Waals surface area (Å²) < 4.78 is 2.22. The van der Waals surface area contributed by atoms with Gasteiger partial charge in [-0.15, -0.1) is 0 Å². The van der Waals surface area contributed by atoms with Crippen LogP contribution in [0, 0.1) is 6.92 Å². The van der Waals surface area contributed by atoms with Crippen LogP contribution in [0.25, 0.3) is 16.6 Å². The zero-order valence-electron chi connectivity index (χ0n) is 19.4. The first-order valence-electron chi connectivity index (χ1n) is 11.5. The van der Waals surface area contributed by atoms with E-state index in [2.05, 4.69) is 126 Å². The van der Waals surface area contributed by atoms with Crippen molar-refractivity contribution in [2.24, 2.45) is 0 Å². The maximum absolute atomic E-state index is 5.25. The molecule has 3 heterocycles. The van der Waals surface area contributed by atoms with E-state index < -0.39 is 7.26 Å². The Kier molecular flexibility index (Phi) is 6.38. The topological polar surface area (TPSA) is 30.2 Å². The Morgan fingerprint density at radius 2 is 1.23 bits per heavy atom. The van der Waals surface area contributed by atoms with Crippen molar-refractivity contribution in [1.29, 1.82) is 0 Å². The van der Waals surface area contributed by atoms with Crippen LogP contribution < -0.4 is 28.3 Å². The Bertz CT molecular complexity index is 1490. The van der Waals surface area contributed by atoms with Crippen LogP contribution in [0.2, 0.25) is 0 Å². The summed E-state index contributed by atoms with van der Waals surface area (Å²) in [6.45, 7) is 2.19. The summed E-state index contributed by atoms with van der Waals surface area (Å²) in [5, 5.41) is 5.20. The average Bonchev–Trinajstić information content (AvgIpc) is 3.24. The van der Waals surface area contributed by atoms with Crippen molar-refractivity contribution in [1.82, 2.24) is 14.4 Å². The van der Waals surface area contributed by atoms with Gasteiger partial charge in [0.2, 0.25) is 0 Å². The minimum Gasteiger partial charge on any atom is -1.00 e. The number of imidazole rings is 1. The maximum Gasteiger partial charge on any atom is 0.146 e. The maximum atomic E-state index is 5.25. The SMILES string of the molecule is Cc1c(C[P+](c2ccccc2)(c2ccccc2)c2ccccc2)nc2c3cccnc3ccn12.[Cl-]. The van der Waals surface area contributed by atoms with E-state index in [1.165, 1.54) is 21.6 Å². The third kappa shape index (κ3) is 3.91. The molecule has 5 heteroatoms. The monoisotopic (exact) mass is 493 g/mol. The summed E-state index contributed by atoms with van der Waals surface area (Å²) in [5.41, 5.74) is 4.28. The number of rotatable bonds is 5. The molecule has 0 radical (unpaired) electrons. The quantitative estimate of drug-likeness (QED) is 0.346. The zero-order valence-corrected chi connectivity index (χ0v) is 21.1. The van der Waals surface area contributed by atoms with Gasteiger partial charge in [-0.2, -0.15) is 0 Å². The lowest BCUT2D eigenvalue weighted by Crippen LogP contribution is -3.00. The van der Waals surface area contributed by atoms with Gasteiger partial charge < -0.3 is 16.8 Å². The van der Waals surface area contributed by atoms with Crippen molar-refractivity contribution < 1.29 is 12.4 Å². The van der Waals surface area contributed by atoms with Crippen molar-refractivity contribution in [3.63, 3.8) is 0 Å². The van der Waals surface area contributed by atoms with Gasteiger partial charge in [0, 0.05) is 23.5 Å². The molecule has 0 fully saturated rings. The van der Waals surface area contributed by atoms with Crippen LogP contribution in [0.15, 0.2) is 122 Å². The Morgan fingerprint density at radius 3 is 1.77 bits per heavy atom. The standard InChI is InChI=1S/C30H25N3P.ClH/c1-23-29(32-30-27-18-11-20-31-28(27)19-21-33(23)30)22-34(24-12-5-2-6-13-24,25-14-7-3-8-15-25)26-16-9-4-10-17-26;/h2-21H,22H2,1H3;1H/q+1;/p-1. The third-order valence-electron chi connectivity index (χ3n) is 6.69. The highest BCUT2D eigenvalue weighted by Gasteiger charge is 2.46. The molecular formula is C30H25ClN3P. The van der Waals surface area contributed by atoms with Crippen molar-refractivity contribution in [2.75, 3.05) is 0 Å². The Labute approximate surface area is 212 Å². The summed E-state index contributed by atoms with van der Waals surface area (Å²) in [4.78, 5) is 9.79. The van der Waals surface area contributed by atoms with Crippen LogP contribution in [0.5, 0.6) is 0 Å². The number of hydrogen-bond donors (Lipinski definition) is 0. The van der Waals surface area contributed by atoms with E-state index in [0.717, 1.165) is 28.4 Å². The molecule has 6 rings (SSSR count). The highest BCUT2D eigenvalue weighted by Crippen LogP contribution is 2.58. The lowest BCUT2D eigenvalue weighted by Gasteiger charge is -2.27. The second-order valence-corrected chi connectivity index (χ2v) is 12.0. The minimum atomic E-state index is -2.01. The largest absolute Gasteiger partial charge is 1.00 e. The number of nitrogens with zero attached hydrogens (tertiary/aromatic N) is 3. The summed E-state index contributed by atoms with van der Waals surface area (Å²) in [6, 6.07) is 39.2. The number of pyridine rings is 2. The van der Waals surface area contributed by atoms with Gasteiger partial charge in [0.25, 0.3) is 0 Å². The average molecular weight is 494 g/mol. The molecule has 0 saturated heterocycles. The predicted octanol–water partition coefficient (Wildman–Crippen LogP) is 2.69. The first-order valence-corrected chi connectivity index (χ1v) is 13.5. The molecule has 3 aromatic carbocycles. The molecule has 0 bridgehead atoms. The molecule has 0 spiro atoms. The van der Waals surface area contributed by atoms with Gasteiger partial charge in [0.05, 0.1) is 5.52 Å². The van der Waals surface area contributed by atoms with Gasteiger partial charge in [-0.3, -0.25) is 4.98 Å². The van der Waals surface area contributed by atoms with Gasteiger partial charge in [-0.25, -0.2) is 4.98 Å². The molecule has 0 aliphatic heterocycles. The van der Waals surface area contributed by atoms with Crippen LogP contribution in [-0.4, -0.2) is 14.4 Å². The number of benzene rings is 3. The number of aromatic nitrogens is 3. The molecular weight excluding hydrogens is 469 g/mol. The Hall–Kier alpha value is -3.52. The fourth-order valence-electron chi connectivity index (χ4n) is 4.96. The Morgan fingerprint density at radius 1 is 0.686 bits per heavy atom. The molecule has 172 valence electrons. The fourth-order valence-corrected chi connectivity index (χ4v) is 9.19. The minimum absolute atomic E-state index is 0. The summed E-state index contributed by atoms with van der Waals surface area (Å²) in [6.07, 6.45) is 4.80. The summed E-state index contributed by atoms with van der Waals surface area (Å²) >= 11 is 0. The van der Waals surface area contributed by atoms with Gasteiger partial charge in [0.15, 0.2) is 0 Å². The van der Waals surface area contributed by atoms with E-state index in [1.807, 2.05) is 12.3 Å². The van der Waals surface area contributed by atoms with E-state index >= 15 is 0 Å². The van der Waals surface area contributed by atoms with Gasteiger partial charge in [0.1, 0.15) is 40.7 Å². The molecule has 0 N–H and O–H groups in total. The first kappa shape index (κ1) is 23.2. The predicted molar refractivity (Wildman–Crippen MR) is 144 cm³/mol. The number of aryl methyl sites for hydroxylation is 1. The van der Waals surface area contributed by atoms with E-state index in [1.54, 1.807) is 0 Å². The number of halogens is 1. The van der Waals surface area contributed by atoms with Gasteiger partial charge in [-0.1, -0.05) is 54.6 Å². The number of fused-ring (bicyclic) bond motifs is 3. The highest BCUT2D eigenvalue weighted by molar-refractivity contribution is 7.95. The molecule has 0 aliphatic rings. The molecule has 0 saturated carbocycles. The van der Waals surface area contributed by atoms with Crippen LogP contribution in [-0.2, 0) is 6.16 Å². The smallest absolute Gasteiger partial charge is 0.146 e. The van der Waals surface area contributed by atoms with Crippen LogP contribution in [0.3, 0.4) is 0 Å². The normalized spacial score (nSPS) is 11.5. The van der Waals surface area contributed by atoms with Crippen LogP contribution in [0.1, 0.15) is 11.4 Å². The van der Waals surface area contributed by atoms with E-state index in [4.69, 9.17) is 4.98 Å². The third-order valence-corrected chi connectivity index (χ3v) is 11.0. The second kappa shape index (κ2) is 9.62. The molecule has 0 atom stereocenters. The van der Waals surface area contributed by atoms with Crippen LogP contribution >= 0.6 is 7.26 Å². The van der Waals surface area contributed by atoms with E-state index in [9.17, 15) is 0 Å². The molecule has 0 amide bonds. The second-order valence-electron chi connectivity index (χ2n) is 8.56. The van der Waals surface area contributed by atoms with E-state index in [0.29, 0.717) is 0 Å². The first-order chi connectivity index (χ1) is 16.8. The van der Waals surface area contributed by atoms with Gasteiger partial charge >= 0.3 is 0 Å². The Balaban J connectivity index is 0.00000253. The summed E-state index contributed by atoms with van der Waals surface area (Å²) in [5.74, 6) is 0. The molecule has 3 nitrogen and oxygen atoms in total. The lowest BCUT2D eigenvalue weighted by molar-refractivity contribution is -0.00000680. The molecule has 35 heavy (non-hydrogen) atoms. The zero-order chi connectivity index (χ0) is 23.0. The van der Waals surface area contributed by atoms with Crippen molar-refractivity contribution in [2.45, 2.75) is 13.1 Å².